The Morgan fingerprint density at radius 2 is 2.00 bits per heavy atom. The predicted octanol–water partition coefficient (Wildman–Crippen LogP) is 1.63. The molecule has 0 aromatic rings. The Hall–Kier alpha value is -0.180. The summed E-state index contributed by atoms with van der Waals surface area (Å²) in [6, 6.07) is 0.416. The Morgan fingerprint density at radius 1 is 1.36 bits per heavy atom. The normalized spacial score (nSPS) is 19.7. The molecule has 1 N–H and O–H groups in total. The van der Waals surface area contributed by atoms with Crippen LogP contribution in [0.15, 0.2) is 0 Å². The average molecular weight is 172 g/mol. The van der Waals surface area contributed by atoms with Crippen molar-refractivity contribution in [3.8, 4) is 0 Å². The molecule has 1 rings (SSSR count). The van der Waals surface area contributed by atoms with E-state index in [0.29, 0.717) is 6.04 Å². The average Bonchev–Trinajstić information content (AvgIpc) is 2.06. The molecule has 1 amide bonds. The van der Waals surface area contributed by atoms with Crippen molar-refractivity contribution in [1.29, 1.82) is 0 Å². The Morgan fingerprint density at radius 3 is 2.55 bits per heavy atom. The van der Waals surface area contributed by atoms with Crippen LogP contribution in [0.1, 0.15) is 32.1 Å². The van der Waals surface area contributed by atoms with Crippen molar-refractivity contribution in [2.75, 3.05) is 5.75 Å². The second kappa shape index (κ2) is 4.65. The Kier molecular flexibility index (Phi) is 3.77. The number of nitrogens with one attached hydrogen (secondary N) is 1. The van der Waals surface area contributed by atoms with E-state index in [1.165, 1.54) is 19.3 Å². The molecule has 0 bridgehead atoms. The zero-order valence-corrected chi connectivity index (χ0v) is 7.45. The van der Waals surface area contributed by atoms with E-state index in [2.05, 4.69) is 17.9 Å². The van der Waals surface area contributed by atoms with Gasteiger partial charge in [0.05, 0.1) is 5.75 Å². The maximum Gasteiger partial charge on any atom is 0.231 e. The summed E-state index contributed by atoms with van der Waals surface area (Å²) in [5.74, 6) is 0.225. The van der Waals surface area contributed by atoms with Gasteiger partial charge in [0.1, 0.15) is 0 Å². The molecule has 0 atom stereocenters. The van der Waals surface area contributed by atoms with Gasteiger partial charge in [0.25, 0.3) is 0 Å². The zero-order valence-electron chi connectivity index (χ0n) is 6.64. The quantitative estimate of drug-likeness (QED) is 0.674. The zero-order chi connectivity index (χ0) is 8.10. The minimum absolute atomic E-state index is 0.0203. The number of hydrogen-bond donors (Lipinski definition) is 1. The first-order valence-corrected chi connectivity index (χ1v) is 4.78. The smallest absolute Gasteiger partial charge is 0.231 e. The van der Waals surface area contributed by atoms with Gasteiger partial charge in [0, 0.05) is 6.04 Å². The fourth-order valence-corrected chi connectivity index (χ4v) is 1.60. The molecule has 0 aromatic heterocycles. The molecule has 0 unspecified atom stereocenters. The summed E-state index contributed by atoms with van der Waals surface area (Å²) >= 11 is 4.63. The van der Waals surface area contributed by atoms with Crippen LogP contribution in [0.5, 0.6) is 0 Å². The van der Waals surface area contributed by atoms with Gasteiger partial charge in [-0.1, -0.05) is 31.9 Å². The Labute approximate surface area is 73.2 Å². The Balaban J connectivity index is 2.19. The monoisotopic (exact) mass is 172 g/mol. The molecule has 1 saturated carbocycles. The number of carbonyl (C=O) groups excluding carboxylic acids is 1. The summed E-state index contributed by atoms with van der Waals surface area (Å²) in [7, 11) is 0. The fraction of sp³-hybridized carbons (Fsp3) is 0.875. The summed E-state index contributed by atoms with van der Waals surface area (Å²) in [4.78, 5) is 10.9. The number of rotatable bonds is 2. The molecule has 0 heterocycles. The van der Waals surface area contributed by atoms with Gasteiger partial charge in [-0.3, -0.25) is 4.79 Å². The van der Waals surface area contributed by atoms with Crippen molar-refractivity contribution in [2.45, 2.75) is 38.1 Å². The van der Waals surface area contributed by atoms with E-state index in [9.17, 15) is 4.79 Å². The van der Waals surface area contributed by atoms with E-state index in [-0.39, 0.29) is 11.7 Å². The summed E-state index contributed by atoms with van der Waals surface area (Å²) in [5.41, 5.74) is 0. The predicted molar refractivity (Wildman–Crippen MR) is 47.5 cm³/mol. The molecule has 0 spiro atoms. The molecular weight excluding hydrogens is 158 g/mol. The van der Waals surface area contributed by atoms with E-state index < -0.39 is 0 Å². The van der Waals surface area contributed by atoms with Crippen molar-refractivity contribution in [2.24, 2.45) is 0 Å². The summed E-state index contributed by atoms with van der Waals surface area (Å²) in [6.07, 6.45) is 6.10. The van der Waals surface area contributed by atoms with E-state index in [1.54, 1.807) is 0 Å². The third-order valence-electron chi connectivity index (χ3n) is 2.10. The molecule has 1 radical (unpaired) electrons. The van der Waals surface area contributed by atoms with Crippen molar-refractivity contribution >= 4 is 18.5 Å². The maximum absolute atomic E-state index is 10.9. The second-order valence-corrected chi connectivity index (χ2v) is 3.34. The molecule has 2 nitrogen and oxygen atoms in total. The highest BCUT2D eigenvalue weighted by atomic mass is 32.1. The van der Waals surface area contributed by atoms with Gasteiger partial charge in [-0.05, 0) is 12.8 Å². The summed E-state index contributed by atoms with van der Waals surface area (Å²) in [6.45, 7) is 0. The first-order valence-electron chi connectivity index (χ1n) is 4.20. The molecule has 11 heavy (non-hydrogen) atoms. The second-order valence-electron chi connectivity index (χ2n) is 3.05. The van der Waals surface area contributed by atoms with E-state index in [1.807, 2.05) is 0 Å². The number of amides is 1. The lowest BCUT2D eigenvalue weighted by atomic mass is 9.95. The molecule has 0 aromatic carbocycles. The lowest BCUT2D eigenvalue weighted by molar-refractivity contribution is -0.119. The van der Waals surface area contributed by atoms with Gasteiger partial charge in [-0.2, -0.15) is 0 Å². The molecule has 63 valence electrons. The molecule has 3 heteroatoms. The van der Waals surface area contributed by atoms with Crippen molar-refractivity contribution in [3.05, 3.63) is 0 Å². The van der Waals surface area contributed by atoms with Gasteiger partial charge in [-0.25, -0.2) is 0 Å². The van der Waals surface area contributed by atoms with Crippen LogP contribution in [0, 0.1) is 0 Å². The summed E-state index contributed by atoms with van der Waals surface area (Å²) in [5, 5.41) is 2.93. The largest absolute Gasteiger partial charge is 0.353 e. The summed E-state index contributed by atoms with van der Waals surface area (Å²) < 4.78 is 0. The lowest BCUT2D eigenvalue weighted by Crippen LogP contribution is -2.36. The van der Waals surface area contributed by atoms with E-state index >= 15 is 0 Å². The minimum atomic E-state index is 0.0203. The third kappa shape index (κ3) is 3.14. The first-order chi connectivity index (χ1) is 5.33. The number of carbonyl (C=O) groups is 1. The molecule has 1 aliphatic carbocycles. The molecule has 0 saturated heterocycles. The lowest BCUT2D eigenvalue weighted by Gasteiger charge is -2.22. The maximum atomic E-state index is 10.9. The standard InChI is InChI=1S/C8H14NOS/c10-8(6-11)9-7-4-2-1-3-5-7/h7H,1-6H2,(H,9,10). The third-order valence-corrected chi connectivity index (χ3v) is 2.36. The topological polar surface area (TPSA) is 29.1 Å². The van der Waals surface area contributed by atoms with Crippen LogP contribution in [-0.4, -0.2) is 17.7 Å². The van der Waals surface area contributed by atoms with Gasteiger partial charge in [-0.15, -0.1) is 0 Å². The highest BCUT2D eigenvalue weighted by molar-refractivity contribution is 7.81. The van der Waals surface area contributed by atoms with Gasteiger partial charge >= 0.3 is 0 Å². The molecule has 0 aliphatic heterocycles. The van der Waals surface area contributed by atoms with Crippen LogP contribution in [0.25, 0.3) is 0 Å². The van der Waals surface area contributed by atoms with Crippen LogP contribution in [-0.2, 0) is 4.79 Å². The van der Waals surface area contributed by atoms with Gasteiger partial charge < -0.3 is 5.32 Å². The molecular formula is C8H14NOS. The van der Waals surface area contributed by atoms with E-state index in [0.717, 1.165) is 12.8 Å². The van der Waals surface area contributed by atoms with Gasteiger partial charge in [0.2, 0.25) is 5.91 Å². The highest BCUT2D eigenvalue weighted by Gasteiger charge is 2.14. The van der Waals surface area contributed by atoms with Crippen molar-refractivity contribution < 1.29 is 4.79 Å². The number of hydrogen-bond acceptors (Lipinski definition) is 1. The van der Waals surface area contributed by atoms with Crippen molar-refractivity contribution in [1.82, 2.24) is 5.32 Å². The van der Waals surface area contributed by atoms with E-state index in [4.69, 9.17) is 0 Å². The minimum Gasteiger partial charge on any atom is -0.353 e. The fourth-order valence-electron chi connectivity index (χ4n) is 1.52. The van der Waals surface area contributed by atoms with Gasteiger partial charge in [0.15, 0.2) is 0 Å². The van der Waals surface area contributed by atoms with Crippen LogP contribution < -0.4 is 5.32 Å². The SMILES string of the molecule is O=C(C[S])NC1CCCCC1. The molecule has 1 aliphatic rings. The highest BCUT2D eigenvalue weighted by Crippen LogP contribution is 2.17. The van der Waals surface area contributed by atoms with Crippen molar-refractivity contribution in [3.63, 3.8) is 0 Å². The Bertz CT molecular complexity index is 132. The van der Waals surface area contributed by atoms with Crippen LogP contribution in [0.2, 0.25) is 0 Å². The molecule has 1 fully saturated rings. The van der Waals surface area contributed by atoms with Crippen LogP contribution in [0.3, 0.4) is 0 Å². The van der Waals surface area contributed by atoms with Crippen LogP contribution >= 0.6 is 12.6 Å². The van der Waals surface area contributed by atoms with Crippen LogP contribution in [0.4, 0.5) is 0 Å². The first kappa shape index (κ1) is 8.91.